The molecule has 2 heteroatoms. The molecule has 1 heterocycles. The average Bonchev–Trinajstić information content (AvgIpc) is 2.26. The summed E-state index contributed by atoms with van der Waals surface area (Å²) in [4.78, 5) is 2.62. The number of nitrogens with zero attached hydrogens (tertiary/aromatic N) is 1. The first-order valence-corrected chi connectivity index (χ1v) is 7.17. The van der Waals surface area contributed by atoms with Crippen molar-refractivity contribution in [1.29, 1.82) is 0 Å². The molecule has 2 nitrogen and oxygen atoms in total. The van der Waals surface area contributed by atoms with Gasteiger partial charge in [-0.25, -0.2) is 0 Å². The van der Waals surface area contributed by atoms with Gasteiger partial charge in [-0.15, -0.1) is 0 Å². The highest BCUT2D eigenvalue weighted by molar-refractivity contribution is 4.93. The predicted octanol–water partition coefficient (Wildman–Crippen LogP) is 3.12. The summed E-state index contributed by atoms with van der Waals surface area (Å²) in [7, 11) is 0. The Morgan fingerprint density at radius 2 is 1.59 bits per heavy atom. The van der Waals surface area contributed by atoms with Gasteiger partial charge in [0, 0.05) is 12.1 Å². The summed E-state index contributed by atoms with van der Waals surface area (Å²) in [6, 6.07) is 0. The maximum absolute atomic E-state index is 6.02. The summed E-state index contributed by atoms with van der Waals surface area (Å²) in [5.41, 5.74) is 6.66. The lowest BCUT2D eigenvalue weighted by molar-refractivity contribution is 0.0140. The van der Waals surface area contributed by atoms with E-state index >= 15 is 0 Å². The van der Waals surface area contributed by atoms with Crippen molar-refractivity contribution in [3.05, 3.63) is 0 Å². The van der Waals surface area contributed by atoms with Crippen LogP contribution in [-0.4, -0.2) is 30.1 Å². The molecule has 1 atom stereocenters. The largest absolute Gasteiger partial charge is 0.329 e. The Hall–Kier alpha value is -0.0800. The molecule has 1 unspecified atom stereocenters. The Kier molecular flexibility index (Phi) is 4.65. The summed E-state index contributed by atoms with van der Waals surface area (Å²) in [5.74, 6) is 1.49. The third-order valence-electron chi connectivity index (χ3n) is 5.10. The highest BCUT2D eigenvalue weighted by Gasteiger charge is 2.38. The molecule has 0 aliphatic carbocycles. The second kappa shape index (κ2) is 5.27. The molecule has 0 aromatic rings. The van der Waals surface area contributed by atoms with Gasteiger partial charge in [0.25, 0.3) is 0 Å². The number of hydrogen-bond acceptors (Lipinski definition) is 2. The Bertz CT molecular complexity index is 234. The van der Waals surface area contributed by atoms with Crippen LogP contribution in [0.2, 0.25) is 0 Å². The van der Waals surface area contributed by atoms with Crippen molar-refractivity contribution in [3.63, 3.8) is 0 Å². The highest BCUT2D eigenvalue weighted by atomic mass is 15.2. The van der Waals surface area contributed by atoms with E-state index in [-0.39, 0.29) is 5.54 Å². The Balaban J connectivity index is 2.63. The molecule has 1 aliphatic heterocycles. The van der Waals surface area contributed by atoms with Gasteiger partial charge >= 0.3 is 0 Å². The molecule has 0 aromatic carbocycles. The van der Waals surface area contributed by atoms with E-state index < -0.39 is 0 Å². The first kappa shape index (κ1) is 15.0. The minimum atomic E-state index is 0.183. The Morgan fingerprint density at radius 1 is 1.12 bits per heavy atom. The zero-order valence-electron chi connectivity index (χ0n) is 12.7. The van der Waals surface area contributed by atoms with Gasteiger partial charge in [0.15, 0.2) is 0 Å². The molecular formula is C15H32N2. The fourth-order valence-electron chi connectivity index (χ4n) is 2.99. The molecule has 0 amide bonds. The molecule has 17 heavy (non-hydrogen) atoms. The van der Waals surface area contributed by atoms with E-state index in [0.29, 0.717) is 11.3 Å². The quantitative estimate of drug-likeness (QED) is 0.821. The molecule has 1 aliphatic rings. The smallest absolute Gasteiger partial charge is 0.0326 e. The average molecular weight is 240 g/mol. The Morgan fingerprint density at radius 3 is 1.88 bits per heavy atom. The lowest BCUT2D eigenvalue weighted by atomic mass is 9.74. The van der Waals surface area contributed by atoms with Crippen LogP contribution < -0.4 is 5.73 Å². The van der Waals surface area contributed by atoms with Gasteiger partial charge in [0.05, 0.1) is 0 Å². The Labute approximate surface area is 108 Å². The maximum Gasteiger partial charge on any atom is 0.0326 e. The van der Waals surface area contributed by atoms with E-state index in [1.807, 2.05) is 0 Å². The van der Waals surface area contributed by atoms with Crippen LogP contribution in [0.25, 0.3) is 0 Å². The molecule has 2 N–H and O–H groups in total. The predicted molar refractivity (Wildman–Crippen MR) is 76.0 cm³/mol. The van der Waals surface area contributed by atoms with Gasteiger partial charge in [0.1, 0.15) is 0 Å². The summed E-state index contributed by atoms with van der Waals surface area (Å²) in [6.45, 7) is 17.2. The van der Waals surface area contributed by atoms with Gasteiger partial charge < -0.3 is 5.73 Å². The number of rotatable bonds is 3. The van der Waals surface area contributed by atoms with Crippen molar-refractivity contribution >= 4 is 0 Å². The third-order valence-corrected chi connectivity index (χ3v) is 5.10. The number of hydrogen-bond donors (Lipinski definition) is 1. The van der Waals surface area contributed by atoms with E-state index in [1.165, 1.54) is 25.9 Å². The molecule has 1 saturated heterocycles. The van der Waals surface area contributed by atoms with Crippen LogP contribution in [0.4, 0.5) is 0 Å². The van der Waals surface area contributed by atoms with Crippen molar-refractivity contribution in [2.24, 2.45) is 23.0 Å². The standard InChI is InChI=1S/C15H32N2/c1-12(2)15(6,11-16)17-9-7-13(8-10-17)14(3,4)5/h12-13H,7-11,16H2,1-6H3. The van der Waals surface area contributed by atoms with Crippen LogP contribution in [0.1, 0.15) is 54.4 Å². The van der Waals surface area contributed by atoms with Gasteiger partial charge in [-0.3, -0.25) is 4.90 Å². The monoisotopic (exact) mass is 240 g/mol. The minimum Gasteiger partial charge on any atom is -0.329 e. The van der Waals surface area contributed by atoms with Crippen molar-refractivity contribution in [2.45, 2.75) is 59.9 Å². The first-order valence-electron chi connectivity index (χ1n) is 7.17. The van der Waals surface area contributed by atoms with Crippen molar-refractivity contribution in [1.82, 2.24) is 4.90 Å². The topological polar surface area (TPSA) is 29.3 Å². The van der Waals surface area contributed by atoms with E-state index in [2.05, 4.69) is 46.4 Å². The number of nitrogens with two attached hydrogens (primary N) is 1. The van der Waals surface area contributed by atoms with Crippen LogP contribution in [0.5, 0.6) is 0 Å². The lowest BCUT2D eigenvalue weighted by Crippen LogP contribution is -2.58. The van der Waals surface area contributed by atoms with Crippen LogP contribution >= 0.6 is 0 Å². The summed E-state index contributed by atoms with van der Waals surface area (Å²) < 4.78 is 0. The van der Waals surface area contributed by atoms with Crippen LogP contribution in [0.15, 0.2) is 0 Å². The fraction of sp³-hybridized carbons (Fsp3) is 1.00. The van der Waals surface area contributed by atoms with Gasteiger partial charge in [-0.05, 0) is 50.1 Å². The highest BCUT2D eigenvalue weighted by Crippen LogP contribution is 2.37. The van der Waals surface area contributed by atoms with Crippen LogP contribution in [-0.2, 0) is 0 Å². The van der Waals surface area contributed by atoms with Crippen molar-refractivity contribution in [2.75, 3.05) is 19.6 Å². The van der Waals surface area contributed by atoms with Crippen LogP contribution in [0.3, 0.4) is 0 Å². The zero-order chi connectivity index (χ0) is 13.3. The molecule has 0 radical (unpaired) electrons. The maximum atomic E-state index is 6.02. The third kappa shape index (κ3) is 3.23. The second-order valence-electron chi connectivity index (χ2n) is 7.34. The molecule has 0 bridgehead atoms. The minimum absolute atomic E-state index is 0.183. The molecule has 0 saturated carbocycles. The van der Waals surface area contributed by atoms with Gasteiger partial charge in [0.2, 0.25) is 0 Å². The van der Waals surface area contributed by atoms with E-state index in [9.17, 15) is 0 Å². The molecule has 0 spiro atoms. The molecule has 1 fully saturated rings. The van der Waals surface area contributed by atoms with Crippen molar-refractivity contribution in [3.8, 4) is 0 Å². The van der Waals surface area contributed by atoms with Gasteiger partial charge in [-0.2, -0.15) is 0 Å². The number of piperidine rings is 1. The SMILES string of the molecule is CC(C)C(C)(CN)N1CCC(C(C)(C)C)CC1. The summed E-state index contributed by atoms with van der Waals surface area (Å²) >= 11 is 0. The first-order chi connectivity index (χ1) is 7.71. The molecule has 1 rings (SSSR count). The van der Waals surface area contributed by atoms with E-state index in [0.717, 1.165) is 12.5 Å². The van der Waals surface area contributed by atoms with E-state index in [1.54, 1.807) is 0 Å². The molecule has 102 valence electrons. The summed E-state index contributed by atoms with van der Waals surface area (Å²) in [6.07, 6.45) is 2.65. The summed E-state index contributed by atoms with van der Waals surface area (Å²) in [5, 5.41) is 0. The lowest BCUT2D eigenvalue weighted by Gasteiger charge is -2.49. The molecule has 0 aromatic heterocycles. The van der Waals surface area contributed by atoms with Crippen LogP contribution in [0, 0.1) is 17.3 Å². The van der Waals surface area contributed by atoms with E-state index in [4.69, 9.17) is 5.73 Å². The second-order valence-corrected chi connectivity index (χ2v) is 7.34. The van der Waals surface area contributed by atoms with Gasteiger partial charge in [-0.1, -0.05) is 34.6 Å². The normalized spacial score (nSPS) is 24.0. The number of likely N-dealkylation sites (tertiary alicyclic amines) is 1. The fourth-order valence-corrected chi connectivity index (χ4v) is 2.99. The van der Waals surface area contributed by atoms with Crippen molar-refractivity contribution < 1.29 is 0 Å². The molecular weight excluding hydrogens is 208 g/mol. The zero-order valence-corrected chi connectivity index (χ0v) is 12.7.